The molecule has 0 spiro atoms. The zero-order chi connectivity index (χ0) is 13.4. The molecule has 0 fully saturated rings. The topological polar surface area (TPSA) is 112 Å². The fourth-order valence-electron chi connectivity index (χ4n) is 1.39. The third-order valence-electron chi connectivity index (χ3n) is 2.35. The normalized spacial score (nSPS) is 10.6. The van der Waals surface area contributed by atoms with Gasteiger partial charge < -0.3 is 5.11 Å². The Morgan fingerprint density at radius 2 is 2.00 bits per heavy atom. The molecule has 0 aliphatic heterocycles. The summed E-state index contributed by atoms with van der Waals surface area (Å²) in [7, 11) is 2.70. The maximum absolute atomic E-state index is 11.8. The van der Waals surface area contributed by atoms with Crippen LogP contribution in [0.1, 0.15) is 10.5 Å². The number of carboxylic acids is 1. The third-order valence-corrected chi connectivity index (χ3v) is 2.35. The Kier molecular flexibility index (Phi) is 2.58. The van der Waals surface area contributed by atoms with E-state index in [2.05, 4.69) is 10.1 Å². The van der Waals surface area contributed by atoms with E-state index in [1.165, 1.54) is 14.1 Å². The monoisotopic (exact) mass is 251 g/mol. The van der Waals surface area contributed by atoms with Crippen molar-refractivity contribution in [2.75, 3.05) is 0 Å². The van der Waals surface area contributed by atoms with Gasteiger partial charge in [0.2, 0.25) is 5.82 Å². The first-order chi connectivity index (χ1) is 8.41. The van der Waals surface area contributed by atoms with Gasteiger partial charge in [-0.25, -0.2) is 19.3 Å². The minimum Gasteiger partial charge on any atom is -0.476 e. The molecule has 2 aromatic heterocycles. The second-order valence-electron chi connectivity index (χ2n) is 3.57. The van der Waals surface area contributed by atoms with Crippen LogP contribution in [0.3, 0.4) is 0 Å². The average molecular weight is 251 g/mol. The van der Waals surface area contributed by atoms with Crippen molar-refractivity contribution >= 4 is 5.97 Å². The van der Waals surface area contributed by atoms with Crippen molar-refractivity contribution in [2.45, 2.75) is 0 Å². The minimum absolute atomic E-state index is 0.0976. The highest BCUT2D eigenvalue weighted by Gasteiger charge is 2.13. The number of carbonyl (C=O) groups is 1. The Labute approximate surface area is 99.5 Å². The summed E-state index contributed by atoms with van der Waals surface area (Å²) in [5, 5.41) is 12.5. The third kappa shape index (κ3) is 1.71. The first kappa shape index (κ1) is 11.8. The number of imidazole rings is 1. The van der Waals surface area contributed by atoms with Crippen LogP contribution in [0, 0.1) is 0 Å². The molecule has 0 aromatic carbocycles. The standard InChI is InChI=1S/C9H9N5O4/c1-12-7(15)6(11-13(2)9(12)18)14-3-5(8(16)17)10-4-14/h3-4H,1-2H3,(H,16,17). The van der Waals surface area contributed by atoms with Crippen LogP contribution >= 0.6 is 0 Å². The second kappa shape index (κ2) is 3.95. The molecular weight excluding hydrogens is 242 g/mol. The quantitative estimate of drug-likeness (QED) is 0.685. The highest BCUT2D eigenvalue weighted by atomic mass is 16.4. The molecule has 2 rings (SSSR count). The lowest BCUT2D eigenvalue weighted by Gasteiger charge is -2.04. The number of carboxylic acid groups (broad SMARTS) is 1. The molecular formula is C9H9N5O4. The van der Waals surface area contributed by atoms with Gasteiger partial charge in [-0.1, -0.05) is 0 Å². The second-order valence-corrected chi connectivity index (χ2v) is 3.57. The summed E-state index contributed by atoms with van der Waals surface area (Å²) < 4.78 is 3.02. The molecule has 2 aromatic rings. The largest absolute Gasteiger partial charge is 0.476 e. The van der Waals surface area contributed by atoms with Gasteiger partial charge in [-0.2, -0.15) is 0 Å². The summed E-state index contributed by atoms with van der Waals surface area (Å²) in [4.78, 5) is 37.5. The van der Waals surface area contributed by atoms with E-state index < -0.39 is 17.2 Å². The smallest absolute Gasteiger partial charge is 0.356 e. The fraction of sp³-hybridized carbons (Fsp3) is 0.222. The number of nitrogens with zero attached hydrogens (tertiary/aromatic N) is 5. The highest BCUT2D eigenvalue weighted by Crippen LogP contribution is 2.00. The molecule has 0 amide bonds. The van der Waals surface area contributed by atoms with Crippen molar-refractivity contribution < 1.29 is 9.90 Å². The molecule has 2 heterocycles. The summed E-state index contributed by atoms with van der Waals surface area (Å²) in [6, 6.07) is 0. The highest BCUT2D eigenvalue weighted by molar-refractivity contribution is 5.85. The van der Waals surface area contributed by atoms with Gasteiger partial charge in [0.25, 0.3) is 5.56 Å². The number of rotatable bonds is 2. The van der Waals surface area contributed by atoms with E-state index in [1.54, 1.807) is 0 Å². The van der Waals surface area contributed by atoms with Gasteiger partial charge in [0, 0.05) is 20.3 Å². The molecule has 0 aliphatic rings. The van der Waals surface area contributed by atoms with Crippen molar-refractivity contribution in [3.8, 4) is 5.82 Å². The van der Waals surface area contributed by atoms with E-state index in [-0.39, 0.29) is 11.5 Å². The number of hydrogen-bond acceptors (Lipinski definition) is 5. The first-order valence-electron chi connectivity index (χ1n) is 4.84. The number of aryl methyl sites for hydroxylation is 1. The molecule has 1 N–H and O–H groups in total. The summed E-state index contributed by atoms with van der Waals surface area (Å²) in [5.74, 6) is -1.31. The molecule has 0 saturated heterocycles. The van der Waals surface area contributed by atoms with Crippen molar-refractivity contribution in [1.82, 2.24) is 23.9 Å². The summed E-state index contributed by atoms with van der Waals surface area (Å²) in [5.41, 5.74) is -1.41. The zero-order valence-corrected chi connectivity index (χ0v) is 9.56. The van der Waals surface area contributed by atoms with Gasteiger partial charge in [0.15, 0.2) is 5.69 Å². The number of hydrogen-bond donors (Lipinski definition) is 1. The Morgan fingerprint density at radius 3 is 2.56 bits per heavy atom. The number of aromatic carboxylic acids is 1. The van der Waals surface area contributed by atoms with Crippen LogP contribution in [0.4, 0.5) is 0 Å². The predicted molar refractivity (Wildman–Crippen MR) is 58.8 cm³/mol. The number of aromatic nitrogens is 5. The van der Waals surface area contributed by atoms with Crippen LogP contribution in [0.25, 0.3) is 5.82 Å². The minimum atomic E-state index is -1.21. The van der Waals surface area contributed by atoms with Gasteiger partial charge in [0.1, 0.15) is 6.33 Å². The van der Waals surface area contributed by atoms with Crippen molar-refractivity contribution in [3.63, 3.8) is 0 Å². The van der Waals surface area contributed by atoms with E-state index in [0.717, 1.165) is 26.3 Å². The lowest BCUT2D eigenvalue weighted by Crippen LogP contribution is -2.40. The molecule has 9 nitrogen and oxygen atoms in total. The van der Waals surface area contributed by atoms with E-state index in [1.807, 2.05) is 0 Å². The van der Waals surface area contributed by atoms with Gasteiger partial charge in [-0.3, -0.25) is 13.9 Å². The van der Waals surface area contributed by atoms with Gasteiger partial charge in [-0.15, -0.1) is 5.10 Å². The van der Waals surface area contributed by atoms with Crippen LogP contribution in [0.15, 0.2) is 22.1 Å². The Morgan fingerprint density at radius 1 is 1.33 bits per heavy atom. The van der Waals surface area contributed by atoms with Crippen LogP contribution < -0.4 is 11.2 Å². The lowest BCUT2D eigenvalue weighted by molar-refractivity contribution is 0.0691. The Hall–Kier alpha value is -2.71. The molecule has 0 radical (unpaired) electrons. The summed E-state index contributed by atoms with van der Waals surface area (Å²) in [6.45, 7) is 0. The molecule has 18 heavy (non-hydrogen) atoms. The van der Waals surface area contributed by atoms with E-state index in [4.69, 9.17) is 5.11 Å². The SMILES string of the molecule is Cn1nc(-n2cnc(C(=O)O)c2)c(=O)n(C)c1=O. The molecule has 0 saturated carbocycles. The molecule has 0 aliphatic carbocycles. The van der Waals surface area contributed by atoms with E-state index in [9.17, 15) is 14.4 Å². The molecule has 0 bridgehead atoms. The van der Waals surface area contributed by atoms with Crippen LogP contribution in [0.2, 0.25) is 0 Å². The van der Waals surface area contributed by atoms with Gasteiger partial charge >= 0.3 is 11.7 Å². The summed E-state index contributed by atoms with van der Waals surface area (Å²) >= 11 is 0. The van der Waals surface area contributed by atoms with Crippen molar-refractivity contribution in [3.05, 3.63) is 39.1 Å². The van der Waals surface area contributed by atoms with Crippen LogP contribution in [-0.4, -0.2) is 35.0 Å². The maximum Gasteiger partial charge on any atom is 0.356 e. The van der Waals surface area contributed by atoms with Crippen molar-refractivity contribution in [2.24, 2.45) is 14.1 Å². The molecule has 0 unspecified atom stereocenters. The van der Waals surface area contributed by atoms with E-state index in [0.29, 0.717) is 0 Å². The summed E-state index contributed by atoms with van der Waals surface area (Å²) in [6.07, 6.45) is 2.30. The Balaban J connectivity index is 2.68. The molecule has 9 heteroatoms. The van der Waals surface area contributed by atoms with Gasteiger partial charge in [0.05, 0.1) is 0 Å². The van der Waals surface area contributed by atoms with Crippen molar-refractivity contribution in [1.29, 1.82) is 0 Å². The lowest BCUT2D eigenvalue weighted by atomic mass is 10.5. The fourth-order valence-corrected chi connectivity index (χ4v) is 1.39. The Bertz CT molecular complexity index is 738. The van der Waals surface area contributed by atoms with Crippen LogP contribution in [-0.2, 0) is 14.1 Å². The average Bonchev–Trinajstić information content (AvgIpc) is 2.80. The first-order valence-corrected chi connectivity index (χ1v) is 4.84. The molecule has 94 valence electrons. The van der Waals surface area contributed by atoms with E-state index >= 15 is 0 Å². The zero-order valence-electron chi connectivity index (χ0n) is 9.56. The molecule has 0 atom stereocenters. The predicted octanol–water partition coefficient (Wildman–Crippen LogP) is -1.64. The van der Waals surface area contributed by atoms with Crippen LogP contribution in [0.5, 0.6) is 0 Å². The maximum atomic E-state index is 11.8. The van der Waals surface area contributed by atoms with Gasteiger partial charge in [-0.05, 0) is 0 Å².